The van der Waals surface area contributed by atoms with Crippen LogP contribution in [0.4, 0.5) is 0 Å². The van der Waals surface area contributed by atoms with Crippen LogP contribution in [0.3, 0.4) is 0 Å². The summed E-state index contributed by atoms with van der Waals surface area (Å²) >= 11 is 0. The third-order valence-electron chi connectivity index (χ3n) is 3.76. The van der Waals surface area contributed by atoms with Crippen LogP contribution in [0.1, 0.15) is 41.2 Å². The molecular weight excluding hydrogens is 250 g/mol. The van der Waals surface area contributed by atoms with Crippen molar-refractivity contribution in [2.75, 3.05) is 0 Å². The summed E-state index contributed by atoms with van der Waals surface area (Å²) in [5.74, 6) is 0.891. The van der Waals surface area contributed by atoms with E-state index < -0.39 is 0 Å². The van der Waals surface area contributed by atoms with Crippen molar-refractivity contribution in [1.82, 2.24) is 4.98 Å². The van der Waals surface area contributed by atoms with Crippen molar-refractivity contribution in [3.8, 4) is 5.75 Å². The van der Waals surface area contributed by atoms with Crippen LogP contribution in [0.5, 0.6) is 5.75 Å². The maximum Gasteiger partial charge on any atom is 0.123 e. The molecule has 0 saturated heterocycles. The maximum atomic E-state index is 10.0. The number of aryl methyl sites for hydroxylation is 1. The number of aliphatic hydroxyl groups excluding tert-OH is 1. The van der Waals surface area contributed by atoms with Gasteiger partial charge in [-0.1, -0.05) is 12.1 Å². The summed E-state index contributed by atoms with van der Waals surface area (Å²) in [7, 11) is 0. The summed E-state index contributed by atoms with van der Waals surface area (Å²) in [5, 5.41) is 10.0. The predicted octanol–water partition coefficient (Wildman–Crippen LogP) is 3.34. The minimum atomic E-state index is -0.345. The first kappa shape index (κ1) is 13.1. The van der Waals surface area contributed by atoms with Gasteiger partial charge in [-0.15, -0.1) is 0 Å². The molecule has 1 aliphatic rings. The smallest absolute Gasteiger partial charge is 0.123 e. The van der Waals surface area contributed by atoms with Gasteiger partial charge < -0.3 is 9.84 Å². The number of hydrogen-bond donors (Lipinski definition) is 1. The summed E-state index contributed by atoms with van der Waals surface area (Å²) in [6.45, 7) is 2.54. The normalized spacial score (nSPS) is 17.6. The molecule has 0 amide bonds. The molecule has 2 aromatic rings. The fourth-order valence-corrected chi connectivity index (χ4v) is 2.78. The van der Waals surface area contributed by atoms with Crippen molar-refractivity contribution in [3.05, 3.63) is 58.9 Å². The van der Waals surface area contributed by atoms with E-state index in [4.69, 9.17) is 4.74 Å². The monoisotopic (exact) mass is 269 g/mol. The van der Waals surface area contributed by atoms with Crippen LogP contribution in [0.25, 0.3) is 0 Å². The Morgan fingerprint density at radius 2 is 2.25 bits per heavy atom. The Morgan fingerprint density at radius 3 is 3.10 bits per heavy atom. The third-order valence-corrected chi connectivity index (χ3v) is 3.76. The van der Waals surface area contributed by atoms with E-state index in [-0.39, 0.29) is 6.10 Å². The number of benzene rings is 1. The molecule has 0 saturated carbocycles. The molecule has 1 atom stereocenters. The molecule has 1 aliphatic carbocycles. The van der Waals surface area contributed by atoms with E-state index in [0.29, 0.717) is 6.61 Å². The quantitative estimate of drug-likeness (QED) is 0.929. The number of ether oxygens (including phenoxy) is 1. The Morgan fingerprint density at radius 1 is 1.35 bits per heavy atom. The topological polar surface area (TPSA) is 42.4 Å². The fourth-order valence-electron chi connectivity index (χ4n) is 2.78. The average molecular weight is 269 g/mol. The highest BCUT2D eigenvalue weighted by atomic mass is 16.5. The van der Waals surface area contributed by atoms with Crippen LogP contribution in [0.2, 0.25) is 0 Å². The van der Waals surface area contributed by atoms with Crippen LogP contribution in [-0.2, 0) is 13.0 Å². The van der Waals surface area contributed by atoms with E-state index in [9.17, 15) is 5.11 Å². The van der Waals surface area contributed by atoms with E-state index in [0.717, 1.165) is 47.3 Å². The maximum absolute atomic E-state index is 10.0. The molecule has 0 aliphatic heterocycles. The molecule has 20 heavy (non-hydrogen) atoms. The first-order valence-electron chi connectivity index (χ1n) is 7.07. The van der Waals surface area contributed by atoms with Gasteiger partial charge in [0.2, 0.25) is 0 Å². The van der Waals surface area contributed by atoms with Crippen molar-refractivity contribution in [2.45, 2.75) is 38.9 Å². The number of aromatic nitrogens is 1. The molecule has 1 N–H and O–H groups in total. The highest BCUT2D eigenvalue weighted by Crippen LogP contribution is 2.35. The number of rotatable bonds is 3. The van der Waals surface area contributed by atoms with Crippen molar-refractivity contribution in [2.24, 2.45) is 0 Å². The van der Waals surface area contributed by atoms with Crippen LogP contribution in [-0.4, -0.2) is 10.1 Å². The standard InChI is InChI=1S/C17H19NO2/c1-12-8-13(10-18-9-12)11-20-17-7-3-4-14-15(17)5-2-6-16(14)19/h3-4,7-10,16,19H,2,5-6,11H2,1H3. The fraction of sp³-hybridized carbons (Fsp3) is 0.353. The number of hydrogen-bond acceptors (Lipinski definition) is 3. The zero-order valence-electron chi connectivity index (χ0n) is 11.7. The van der Waals surface area contributed by atoms with Gasteiger partial charge in [0, 0.05) is 18.0 Å². The van der Waals surface area contributed by atoms with Crippen LogP contribution >= 0.6 is 0 Å². The van der Waals surface area contributed by atoms with Gasteiger partial charge in [0.25, 0.3) is 0 Å². The molecule has 3 nitrogen and oxygen atoms in total. The molecule has 1 aromatic carbocycles. The van der Waals surface area contributed by atoms with Crippen molar-refractivity contribution in [3.63, 3.8) is 0 Å². The minimum Gasteiger partial charge on any atom is -0.489 e. The molecule has 104 valence electrons. The Balaban J connectivity index is 1.80. The lowest BCUT2D eigenvalue weighted by atomic mass is 9.89. The van der Waals surface area contributed by atoms with Gasteiger partial charge in [0.05, 0.1) is 6.10 Å². The van der Waals surface area contributed by atoms with Gasteiger partial charge in [-0.3, -0.25) is 4.98 Å². The number of pyridine rings is 1. The van der Waals surface area contributed by atoms with Gasteiger partial charge >= 0.3 is 0 Å². The Bertz CT molecular complexity index is 610. The second kappa shape index (κ2) is 5.63. The van der Waals surface area contributed by atoms with E-state index in [1.54, 1.807) is 0 Å². The van der Waals surface area contributed by atoms with Gasteiger partial charge in [-0.2, -0.15) is 0 Å². The summed E-state index contributed by atoms with van der Waals surface area (Å²) in [5.41, 5.74) is 4.39. The second-order valence-corrected chi connectivity index (χ2v) is 5.39. The Hall–Kier alpha value is -1.87. The van der Waals surface area contributed by atoms with Crippen molar-refractivity contribution >= 4 is 0 Å². The molecular formula is C17H19NO2. The average Bonchev–Trinajstić information content (AvgIpc) is 2.46. The summed E-state index contributed by atoms with van der Waals surface area (Å²) in [6.07, 6.45) is 6.16. The lowest BCUT2D eigenvalue weighted by molar-refractivity contribution is 0.155. The van der Waals surface area contributed by atoms with Gasteiger partial charge in [-0.25, -0.2) is 0 Å². The summed E-state index contributed by atoms with van der Waals surface area (Å²) in [4.78, 5) is 4.18. The number of fused-ring (bicyclic) bond motifs is 1. The zero-order valence-corrected chi connectivity index (χ0v) is 11.7. The molecule has 1 aromatic heterocycles. The SMILES string of the molecule is Cc1cncc(COc2cccc3c2CCCC3O)c1. The minimum absolute atomic E-state index is 0.345. The van der Waals surface area contributed by atoms with E-state index in [2.05, 4.69) is 11.1 Å². The molecule has 0 radical (unpaired) electrons. The molecule has 3 heteroatoms. The first-order chi connectivity index (χ1) is 9.74. The number of aliphatic hydroxyl groups is 1. The second-order valence-electron chi connectivity index (χ2n) is 5.39. The molecule has 0 spiro atoms. The molecule has 1 unspecified atom stereocenters. The Labute approximate surface area is 119 Å². The van der Waals surface area contributed by atoms with Crippen molar-refractivity contribution < 1.29 is 9.84 Å². The predicted molar refractivity (Wildman–Crippen MR) is 77.6 cm³/mol. The molecule has 3 rings (SSSR count). The molecule has 1 heterocycles. The van der Waals surface area contributed by atoms with Crippen LogP contribution in [0.15, 0.2) is 36.7 Å². The van der Waals surface area contributed by atoms with Crippen molar-refractivity contribution in [1.29, 1.82) is 0 Å². The van der Waals surface area contributed by atoms with Gasteiger partial charge in [0.1, 0.15) is 12.4 Å². The third kappa shape index (κ3) is 2.68. The lowest BCUT2D eigenvalue weighted by Crippen LogP contribution is -2.11. The highest BCUT2D eigenvalue weighted by molar-refractivity contribution is 5.43. The summed E-state index contributed by atoms with van der Waals surface area (Å²) in [6, 6.07) is 8.02. The zero-order chi connectivity index (χ0) is 13.9. The molecule has 0 fully saturated rings. The molecule has 0 bridgehead atoms. The highest BCUT2D eigenvalue weighted by Gasteiger charge is 2.20. The first-order valence-corrected chi connectivity index (χ1v) is 7.07. The Kier molecular flexibility index (Phi) is 3.70. The largest absolute Gasteiger partial charge is 0.489 e. The van der Waals surface area contributed by atoms with Gasteiger partial charge in [-0.05, 0) is 55.0 Å². The van der Waals surface area contributed by atoms with Crippen LogP contribution < -0.4 is 4.74 Å². The summed E-state index contributed by atoms with van der Waals surface area (Å²) < 4.78 is 5.94. The van der Waals surface area contributed by atoms with E-state index in [1.807, 2.05) is 37.5 Å². The van der Waals surface area contributed by atoms with E-state index in [1.165, 1.54) is 0 Å². The van der Waals surface area contributed by atoms with E-state index >= 15 is 0 Å². The van der Waals surface area contributed by atoms with Crippen LogP contribution in [0, 0.1) is 6.92 Å². The lowest BCUT2D eigenvalue weighted by Gasteiger charge is -2.23. The number of nitrogens with zero attached hydrogens (tertiary/aromatic N) is 1. The van der Waals surface area contributed by atoms with Gasteiger partial charge in [0.15, 0.2) is 0 Å².